The molecule has 0 aromatic heterocycles. The first-order chi connectivity index (χ1) is 14.8. The van der Waals surface area contributed by atoms with Crippen molar-refractivity contribution in [2.75, 3.05) is 29.9 Å². The van der Waals surface area contributed by atoms with Gasteiger partial charge in [0.1, 0.15) is 6.07 Å². The molecule has 5 rings (SSSR count). The summed E-state index contributed by atoms with van der Waals surface area (Å²) in [5.41, 5.74) is 0.918. The number of amides is 1. The van der Waals surface area contributed by atoms with Gasteiger partial charge < -0.3 is 15.3 Å². The van der Waals surface area contributed by atoms with Crippen molar-refractivity contribution in [3.63, 3.8) is 0 Å². The van der Waals surface area contributed by atoms with Crippen molar-refractivity contribution in [3.05, 3.63) is 58.6 Å². The van der Waals surface area contributed by atoms with E-state index < -0.39 is 11.5 Å². The predicted molar refractivity (Wildman–Crippen MR) is 118 cm³/mol. The highest BCUT2D eigenvalue weighted by atomic mass is 35.5. The molecule has 0 aliphatic carbocycles. The number of anilines is 2. The molecule has 0 radical (unpaired) electrons. The number of hydrogen-bond donors (Lipinski definition) is 2. The second kappa shape index (κ2) is 8.20. The van der Waals surface area contributed by atoms with E-state index in [1.54, 1.807) is 6.07 Å². The summed E-state index contributed by atoms with van der Waals surface area (Å²) in [4.78, 5) is 17.1. The van der Waals surface area contributed by atoms with Crippen LogP contribution in [0, 0.1) is 22.7 Å². The van der Waals surface area contributed by atoms with E-state index in [0.29, 0.717) is 28.9 Å². The number of hydrogen-bond acceptors (Lipinski definition) is 6. The number of aliphatic hydroxyl groups is 1. The van der Waals surface area contributed by atoms with Crippen LogP contribution in [0.1, 0.15) is 24.5 Å². The Labute approximate surface area is 186 Å². The lowest BCUT2D eigenvalue weighted by atomic mass is 9.85. The fourth-order valence-corrected chi connectivity index (χ4v) is 4.64. The Kier molecular flexibility index (Phi) is 5.60. The third-order valence-corrected chi connectivity index (χ3v) is 6.24. The molecule has 3 atom stereocenters. The van der Waals surface area contributed by atoms with Crippen LogP contribution >= 0.6 is 11.6 Å². The lowest BCUT2D eigenvalue weighted by Gasteiger charge is -2.58. The third kappa shape index (κ3) is 4.22. The van der Waals surface area contributed by atoms with Crippen LogP contribution in [0.4, 0.5) is 11.4 Å². The zero-order valence-corrected chi connectivity index (χ0v) is 17.8. The van der Waals surface area contributed by atoms with E-state index in [2.05, 4.69) is 21.2 Å². The summed E-state index contributed by atoms with van der Waals surface area (Å²) < 4.78 is 0. The van der Waals surface area contributed by atoms with Crippen molar-refractivity contribution >= 4 is 28.9 Å². The van der Waals surface area contributed by atoms with Crippen LogP contribution in [0.3, 0.4) is 0 Å². The predicted octanol–water partition coefficient (Wildman–Crippen LogP) is 2.74. The molecular weight excluding hydrogens is 414 g/mol. The van der Waals surface area contributed by atoms with E-state index in [1.165, 1.54) is 19.1 Å². The smallest absolute Gasteiger partial charge is 0.257 e. The molecule has 2 N–H and O–H groups in total. The molecule has 31 heavy (non-hydrogen) atoms. The average molecular weight is 436 g/mol. The van der Waals surface area contributed by atoms with Crippen molar-refractivity contribution in [2.45, 2.75) is 31.0 Å². The molecule has 3 aliphatic rings. The Morgan fingerprint density at radius 2 is 1.87 bits per heavy atom. The lowest BCUT2D eigenvalue weighted by Crippen LogP contribution is -2.70. The van der Waals surface area contributed by atoms with Gasteiger partial charge in [-0.05, 0) is 55.8 Å². The minimum absolute atomic E-state index is 0.219. The number of nitrogens with one attached hydrogen (secondary N) is 1. The molecule has 1 amide bonds. The Hall–Kier alpha value is -3.10. The SMILES string of the molecule is C[C@](O)(CN1CC2CC(C1)N2c1ccc(C#N)cc1)C(=O)Nc1ccc(C#N)c(Cl)c1. The molecule has 0 spiro atoms. The van der Waals surface area contributed by atoms with E-state index in [0.717, 1.165) is 25.2 Å². The van der Waals surface area contributed by atoms with Crippen molar-refractivity contribution in [2.24, 2.45) is 0 Å². The minimum Gasteiger partial charge on any atom is -0.379 e. The van der Waals surface area contributed by atoms with Gasteiger partial charge in [0.05, 0.1) is 22.2 Å². The number of halogens is 1. The Morgan fingerprint density at radius 1 is 1.19 bits per heavy atom. The van der Waals surface area contributed by atoms with Crippen LogP contribution in [0.5, 0.6) is 0 Å². The van der Waals surface area contributed by atoms with E-state index in [-0.39, 0.29) is 11.6 Å². The van der Waals surface area contributed by atoms with Crippen molar-refractivity contribution in [3.8, 4) is 12.1 Å². The van der Waals surface area contributed by atoms with Crippen LogP contribution < -0.4 is 10.2 Å². The first-order valence-electron chi connectivity index (χ1n) is 10.0. The molecule has 158 valence electrons. The Morgan fingerprint density at radius 3 is 2.45 bits per heavy atom. The van der Waals surface area contributed by atoms with Crippen LogP contribution in [0.15, 0.2) is 42.5 Å². The van der Waals surface area contributed by atoms with Crippen LogP contribution in [-0.2, 0) is 4.79 Å². The molecular formula is C23H22ClN5O2. The summed E-state index contributed by atoms with van der Waals surface area (Å²) in [5.74, 6) is -0.517. The molecule has 2 unspecified atom stereocenters. The van der Waals surface area contributed by atoms with Gasteiger partial charge in [0.2, 0.25) is 0 Å². The summed E-state index contributed by atoms with van der Waals surface area (Å²) >= 11 is 6.02. The number of carbonyl (C=O) groups is 1. The number of piperidine rings is 1. The van der Waals surface area contributed by atoms with Crippen LogP contribution in [0.25, 0.3) is 0 Å². The molecule has 0 saturated carbocycles. The van der Waals surface area contributed by atoms with Gasteiger partial charge >= 0.3 is 0 Å². The van der Waals surface area contributed by atoms with Crippen LogP contribution in [-0.4, -0.2) is 53.2 Å². The number of nitriles is 2. The first kappa shape index (κ1) is 21.1. The number of piperazine rings is 1. The van der Waals surface area contributed by atoms with E-state index in [4.69, 9.17) is 22.1 Å². The second-order valence-electron chi connectivity index (χ2n) is 8.34. The topological polar surface area (TPSA) is 103 Å². The van der Waals surface area contributed by atoms with Crippen molar-refractivity contribution < 1.29 is 9.90 Å². The third-order valence-electron chi connectivity index (χ3n) is 5.93. The van der Waals surface area contributed by atoms with Crippen molar-refractivity contribution in [1.29, 1.82) is 10.5 Å². The lowest BCUT2D eigenvalue weighted by molar-refractivity contribution is -0.135. The summed E-state index contributed by atoms with van der Waals surface area (Å²) in [6, 6.07) is 17.0. The normalized spacial score (nSPS) is 21.9. The summed E-state index contributed by atoms with van der Waals surface area (Å²) in [5, 5.41) is 31.7. The number of fused-ring (bicyclic) bond motifs is 2. The van der Waals surface area contributed by atoms with Gasteiger partial charge in [0.15, 0.2) is 5.60 Å². The number of benzene rings is 2. The van der Waals surface area contributed by atoms with E-state index in [9.17, 15) is 9.90 Å². The van der Waals surface area contributed by atoms with Gasteiger partial charge in [-0.3, -0.25) is 9.69 Å². The average Bonchev–Trinajstić information content (AvgIpc) is 2.74. The van der Waals surface area contributed by atoms with Gasteiger partial charge in [-0.25, -0.2) is 0 Å². The number of nitrogens with zero attached hydrogens (tertiary/aromatic N) is 4. The highest BCUT2D eigenvalue weighted by Gasteiger charge is 2.46. The maximum absolute atomic E-state index is 12.7. The fraction of sp³-hybridized carbons (Fsp3) is 0.348. The zero-order valence-electron chi connectivity index (χ0n) is 17.0. The number of carbonyl (C=O) groups excluding carboxylic acids is 1. The van der Waals surface area contributed by atoms with Gasteiger partial charge in [-0.1, -0.05) is 11.6 Å². The second-order valence-corrected chi connectivity index (χ2v) is 8.74. The fourth-order valence-electron chi connectivity index (χ4n) is 4.41. The molecule has 3 heterocycles. The number of rotatable bonds is 5. The summed E-state index contributed by atoms with van der Waals surface area (Å²) in [6.07, 6.45) is 1.08. The standard InChI is InChI=1S/C23H22ClN5O2/c1-23(31,22(30)27-17-5-4-16(11-26)21(24)8-17)14-28-12-19-9-20(13-28)29(19)18-6-2-15(10-25)3-7-18/h2-8,19-20,31H,9,12-14H2,1H3,(H,27,30)/t19?,20?,23-/m0/s1. The Balaban J connectivity index is 1.36. The monoisotopic (exact) mass is 435 g/mol. The van der Waals surface area contributed by atoms with E-state index in [1.807, 2.05) is 30.3 Å². The molecule has 3 fully saturated rings. The minimum atomic E-state index is -1.58. The van der Waals surface area contributed by atoms with Gasteiger partial charge in [0, 0.05) is 43.1 Å². The van der Waals surface area contributed by atoms with Crippen molar-refractivity contribution in [1.82, 2.24) is 4.90 Å². The molecule has 3 saturated heterocycles. The highest BCUT2D eigenvalue weighted by Crippen LogP contribution is 2.37. The Bertz CT molecular complexity index is 1070. The summed E-state index contributed by atoms with van der Waals surface area (Å²) in [7, 11) is 0. The summed E-state index contributed by atoms with van der Waals surface area (Å²) in [6.45, 7) is 3.23. The molecule has 3 aliphatic heterocycles. The maximum atomic E-state index is 12.7. The molecule has 2 bridgehead atoms. The first-order valence-corrected chi connectivity index (χ1v) is 10.4. The van der Waals surface area contributed by atoms with Gasteiger partial charge in [-0.15, -0.1) is 0 Å². The van der Waals surface area contributed by atoms with Gasteiger partial charge in [-0.2, -0.15) is 10.5 Å². The highest BCUT2D eigenvalue weighted by molar-refractivity contribution is 6.32. The molecule has 2 aromatic carbocycles. The van der Waals surface area contributed by atoms with Gasteiger partial charge in [0.25, 0.3) is 5.91 Å². The maximum Gasteiger partial charge on any atom is 0.257 e. The molecule has 7 nitrogen and oxygen atoms in total. The molecule has 2 aromatic rings. The largest absolute Gasteiger partial charge is 0.379 e. The zero-order chi connectivity index (χ0) is 22.2. The van der Waals surface area contributed by atoms with Crippen LogP contribution in [0.2, 0.25) is 5.02 Å². The quantitative estimate of drug-likeness (QED) is 0.748. The van der Waals surface area contributed by atoms with E-state index >= 15 is 0 Å². The molecule has 8 heteroatoms.